The Morgan fingerprint density at radius 1 is 1.50 bits per heavy atom. The van der Waals surface area contributed by atoms with Crippen LogP contribution in [0, 0.1) is 11.3 Å². The molecule has 1 unspecified atom stereocenters. The molecule has 2 heterocycles. The van der Waals surface area contributed by atoms with E-state index in [0.717, 1.165) is 35.4 Å². The minimum Gasteiger partial charge on any atom is -0.326 e. The summed E-state index contributed by atoms with van der Waals surface area (Å²) in [5.74, 6) is 0.450. The molecule has 3 rings (SSSR count). The summed E-state index contributed by atoms with van der Waals surface area (Å²) in [6.45, 7) is 5.93. The summed E-state index contributed by atoms with van der Waals surface area (Å²) < 4.78 is 1.10. The molecule has 0 spiro atoms. The number of carbonyl (C=O) groups excluding carboxylic acids is 1. The van der Waals surface area contributed by atoms with E-state index in [0.29, 0.717) is 5.92 Å². The molecule has 1 aromatic carbocycles. The van der Waals surface area contributed by atoms with E-state index >= 15 is 0 Å². The third kappa shape index (κ3) is 2.21. The van der Waals surface area contributed by atoms with Gasteiger partial charge in [0.05, 0.1) is 21.1 Å². The van der Waals surface area contributed by atoms with Gasteiger partial charge in [-0.15, -0.1) is 11.3 Å². The average molecular weight is 289 g/mol. The fraction of sp³-hybridized carbons (Fsp3) is 0.467. The number of carbonyl (C=O) groups is 1. The lowest BCUT2D eigenvalue weighted by Crippen LogP contribution is -2.42. The Morgan fingerprint density at radius 2 is 2.35 bits per heavy atom. The van der Waals surface area contributed by atoms with Gasteiger partial charge in [0.15, 0.2) is 0 Å². The number of thiazole rings is 1. The predicted molar refractivity (Wildman–Crippen MR) is 83.0 cm³/mol. The van der Waals surface area contributed by atoms with E-state index < -0.39 is 0 Å². The first-order valence-electron chi connectivity index (χ1n) is 6.97. The standard InChI is InChI=1S/C15H19N3OS/c1-10(2)15(5-6-16-8-15)14(19)18-11-3-4-12-13(7-11)20-9-17-12/h3-4,7,9-10,16H,5-6,8H2,1-2H3,(H,18,19). The summed E-state index contributed by atoms with van der Waals surface area (Å²) in [6.07, 6.45) is 0.902. The molecule has 1 aliphatic rings. The van der Waals surface area contributed by atoms with Crippen LogP contribution in [-0.4, -0.2) is 24.0 Å². The molecule has 1 fully saturated rings. The molecule has 1 aliphatic heterocycles. The topological polar surface area (TPSA) is 54.0 Å². The van der Waals surface area contributed by atoms with Crippen LogP contribution in [0.5, 0.6) is 0 Å². The fourth-order valence-corrected chi connectivity index (χ4v) is 3.56. The summed E-state index contributed by atoms with van der Waals surface area (Å²) in [7, 11) is 0. The van der Waals surface area contributed by atoms with E-state index in [-0.39, 0.29) is 11.3 Å². The third-order valence-corrected chi connectivity index (χ3v) is 5.13. The van der Waals surface area contributed by atoms with E-state index in [9.17, 15) is 4.79 Å². The molecule has 2 aromatic rings. The number of anilines is 1. The minimum atomic E-state index is -0.289. The second-order valence-electron chi connectivity index (χ2n) is 5.73. The highest BCUT2D eigenvalue weighted by atomic mass is 32.1. The number of fused-ring (bicyclic) bond motifs is 1. The SMILES string of the molecule is CC(C)C1(C(=O)Nc2ccc3ncsc3c2)CCNC1. The van der Waals surface area contributed by atoms with Gasteiger partial charge in [0.25, 0.3) is 0 Å². The van der Waals surface area contributed by atoms with Gasteiger partial charge in [0, 0.05) is 12.2 Å². The van der Waals surface area contributed by atoms with Gasteiger partial charge >= 0.3 is 0 Å². The quantitative estimate of drug-likeness (QED) is 0.913. The van der Waals surface area contributed by atoms with Gasteiger partial charge in [-0.3, -0.25) is 4.79 Å². The molecule has 106 valence electrons. The minimum absolute atomic E-state index is 0.126. The lowest BCUT2D eigenvalue weighted by atomic mass is 9.75. The molecule has 0 saturated carbocycles. The second kappa shape index (κ2) is 5.14. The Bertz CT molecular complexity index is 629. The van der Waals surface area contributed by atoms with Crippen molar-refractivity contribution in [2.75, 3.05) is 18.4 Å². The number of aromatic nitrogens is 1. The Balaban J connectivity index is 1.84. The lowest BCUT2D eigenvalue weighted by Gasteiger charge is -2.31. The van der Waals surface area contributed by atoms with Crippen molar-refractivity contribution in [3.8, 4) is 0 Å². The maximum Gasteiger partial charge on any atom is 0.232 e. The van der Waals surface area contributed by atoms with Crippen LogP contribution in [0.4, 0.5) is 5.69 Å². The van der Waals surface area contributed by atoms with Gasteiger partial charge in [-0.05, 0) is 37.1 Å². The largest absolute Gasteiger partial charge is 0.326 e. The molecule has 0 radical (unpaired) electrons. The summed E-state index contributed by atoms with van der Waals surface area (Å²) >= 11 is 1.59. The molecular weight excluding hydrogens is 270 g/mol. The Labute approximate surface area is 122 Å². The van der Waals surface area contributed by atoms with Gasteiger partial charge in [-0.25, -0.2) is 4.98 Å². The third-order valence-electron chi connectivity index (χ3n) is 4.33. The molecule has 5 heteroatoms. The molecule has 20 heavy (non-hydrogen) atoms. The van der Waals surface area contributed by atoms with Gasteiger partial charge < -0.3 is 10.6 Å². The second-order valence-corrected chi connectivity index (χ2v) is 6.61. The number of nitrogens with one attached hydrogen (secondary N) is 2. The highest BCUT2D eigenvalue weighted by Crippen LogP contribution is 2.35. The molecule has 1 saturated heterocycles. The average Bonchev–Trinajstić information content (AvgIpc) is 3.07. The van der Waals surface area contributed by atoms with Crippen molar-refractivity contribution < 1.29 is 4.79 Å². The highest BCUT2D eigenvalue weighted by Gasteiger charge is 2.43. The van der Waals surface area contributed by atoms with Crippen LogP contribution in [0.15, 0.2) is 23.7 Å². The molecular formula is C15H19N3OS. The van der Waals surface area contributed by atoms with E-state index in [1.165, 1.54) is 0 Å². The zero-order valence-electron chi connectivity index (χ0n) is 11.8. The Kier molecular flexibility index (Phi) is 3.48. The van der Waals surface area contributed by atoms with Crippen LogP contribution in [0.2, 0.25) is 0 Å². The van der Waals surface area contributed by atoms with E-state index in [1.807, 2.05) is 23.7 Å². The zero-order valence-corrected chi connectivity index (χ0v) is 12.6. The molecule has 1 amide bonds. The van der Waals surface area contributed by atoms with Crippen LogP contribution in [0.25, 0.3) is 10.2 Å². The van der Waals surface area contributed by atoms with Gasteiger partial charge in [0.1, 0.15) is 0 Å². The monoisotopic (exact) mass is 289 g/mol. The van der Waals surface area contributed by atoms with Crippen molar-refractivity contribution in [3.05, 3.63) is 23.7 Å². The molecule has 1 atom stereocenters. The van der Waals surface area contributed by atoms with Crippen molar-refractivity contribution >= 4 is 33.1 Å². The number of nitrogens with zero attached hydrogens (tertiary/aromatic N) is 1. The maximum atomic E-state index is 12.7. The first-order valence-corrected chi connectivity index (χ1v) is 7.85. The van der Waals surface area contributed by atoms with Crippen molar-refractivity contribution in [3.63, 3.8) is 0 Å². The van der Waals surface area contributed by atoms with Gasteiger partial charge in [-0.1, -0.05) is 13.8 Å². The van der Waals surface area contributed by atoms with Crippen LogP contribution in [0.1, 0.15) is 20.3 Å². The molecule has 4 nitrogen and oxygen atoms in total. The molecule has 1 aromatic heterocycles. The first-order chi connectivity index (χ1) is 9.62. The van der Waals surface area contributed by atoms with Gasteiger partial charge in [-0.2, -0.15) is 0 Å². The maximum absolute atomic E-state index is 12.7. The van der Waals surface area contributed by atoms with Crippen molar-refractivity contribution in [1.29, 1.82) is 0 Å². The van der Waals surface area contributed by atoms with E-state index in [4.69, 9.17) is 0 Å². The molecule has 0 aliphatic carbocycles. The van der Waals surface area contributed by atoms with E-state index in [2.05, 4.69) is 29.5 Å². The summed E-state index contributed by atoms with van der Waals surface area (Å²) in [6, 6.07) is 5.88. The van der Waals surface area contributed by atoms with Gasteiger partial charge in [0.2, 0.25) is 5.91 Å². The summed E-state index contributed by atoms with van der Waals surface area (Å²) in [4.78, 5) is 16.9. The fourth-order valence-electron chi connectivity index (χ4n) is 2.85. The van der Waals surface area contributed by atoms with Crippen LogP contribution >= 0.6 is 11.3 Å². The van der Waals surface area contributed by atoms with Crippen molar-refractivity contribution in [1.82, 2.24) is 10.3 Å². The highest BCUT2D eigenvalue weighted by molar-refractivity contribution is 7.16. The zero-order chi connectivity index (χ0) is 14.2. The number of amides is 1. The molecule has 2 N–H and O–H groups in total. The van der Waals surface area contributed by atoms with Crippen molar-refractivity contribution in [2.45, 2.75) is 20.3 Å². The number of hydrogen-bond acceptors (Lipinski definition) is 4. The summed E-state index contributed by atoms with van der Waals surface area (Å²) in [5.41, 5.74) is 3.38. The first kappa shape index (κ1) is 13.5. The van der Waals surface area contributed by atoms with Crippen LogP contribution < -0.4 is 10.6 Å². The summed E-state index contributed by atoms with van der Waals surface area (Å²) in [5, 5.41) is 6.41. The predicted octanol–water partition coefficient (Wildman–Crippen LogP) is 2.87. The van der Waals surface area contributed by atoms with Crippen molar-refractivity contribution in [2.24, 2.45) is 11.3 Å². The number of rotatable bonds is 3. The smallest absolute Gasteiger partial charge is 0.232 e. The lowest BCUT2D eigenvalue weighted by molar-refractivity contribution is -0.126. The Morgan fingerprint density at radius 3 is 3.05 bits per heavy atom. The van der Waals surface area contributed by atoms with Crippen LogP contribution in [-0.2, 0) is 4.79 Å². The number of hydrogen-bond donors (Lipinski definition) is 2. The van der Waals surface area contributed by atoms with E-state index in [1.54, 1.807) is 11.3 Å². The Hall–Kier alpha value is -1.46. The molecule has 0 bridgehead atoms. The van der Waals surface area contributed by atoms with Crippen LogP contribution in [0.3, 0.4) is 0 Å². The number of benzene rings is 1. The normalized spacial score (nSPS) is 22.6.